The van der Waals surface area contributed by atoms with Gasteiger partial charge in [-0.2, -0.15) is 0 Å². The number of ether oxygens (including phenoxy) is 2. The number of rotatable bonds is 5. The molecule has 5 nitrogen and oxygen atoms in total. The molecule has 1 aromatic rings. The van der Waals surface area contributed by atoms with Gasteiger partial charge in [0.15, 0.2) is 0 Å². The summed E-state index contributed by atoms with van der Waals surface area (Å²) in [5.41, 5.74) is 0.917. The van der Waals surface area contributed by atoms with Crippen LogP contribution in [0.15, 0.2) is 30.3 Å². The monoisotopic (exact) mass is 251 g/mol. The Balaban J connectivity index is 2.20. The maximum atomic E-state index is 11.3. The topological polar surface area (TPSA) is 64.6 Å². The van der Waals surface area contributed by atoms with Gasteiger partial charge in [-0.25, -0.2) is 4.79 Å². The van der Waals surface area contributed by atoms with E-state index in [1.165, 1.54) is 6.92 Å². The largest absolute Gasteiger partial charge is 0.461 e. The van der Waals surface area contributed by atoms with Gasteiger partial charge in [0.25, 0.3) is 0 Å². The van der Waals surface area contributed by atoms with Crippen LogP contribution in [0.5, 0.6) is 0 Å². The minimum atomic E-state index is -0.530. The van der Waals surface area contributed by atoms with E-state index in [1.807, 2.05) is 30.3 Å². The van der Waals surface area contributed by atoms with E-state index in [1.54, 1.807) is 6.92 Å². The molecule has 0 bridgehead atoms. The number of amides is 1. The predicted octanol–water partition coefficient (Wildman–Crippen LogP) is 1.86. The highest BCUT2D eigenvalue weighted by Crippen LogP contribution is 2.00. The lowest BCUT2D eigenvalue weighted by atomic mass is 10.2. The molecule has 1 aromatic carbocycles. The molecule has 1 rings (SSSR count). The normalized spacial score (nSPS) is 11.4. The SMILES string of the molecule is CC(=O)OC(C)CNC(=O)OCc1ccccc1. The van der Waals surface area contributed by atoms with Crippen molar-refractivity contribution in [1.82, 2.24) is 5.32 Å². The van der Waals surface area contributed by atoms with Gasteiger partial charge in [-0.3, -0.25) is 4.79 Å². The van der Waals surface area contributed by atoms with Crippen LogP contribution < -0.4 is 5.32 Å². The standard InChI is InChI=1S/C13H17NO4/c1-10(18-11(2)15)8-14-13(16)17-9-12-6-4-3-5-7-12/h3-7,10H,8-9H2,1-2H3,(H,14,16). The van der Waals surface area contributed by atoms with Crippen LogP contribution >= 0.6 is 0 Å². The van der Waals surface area contributed by atoms with Gasteiger partial charge in [-0.05, 0) is 12.5 Å². The van der Waals surface area contributed by atoms with Gasteiger partial charge >= 0.3 is 12.1 Å². The van der Waals surface area contributed by atoms with Crippen LogP contribution in [-0.4, -0.2) is 24.7 Å². The Kier molecular flexibility index (Phi) is 5.70. The Morgan fingerprint density at radius 1 is 1.28 bits per heavy atom. The van der Waals surface area contributed by atoms with Crippen molar-refractivity contribution >= 4 is 12.1 Å². The van der Waals surface area contributed by atoms with Gasteiger partial charge in [0.2, 0.25) is 0 Å². The van der Waals surface area contributed by atoms with Crippen LogP contribution in [-0.2, 0) is 20.9 Å². The first-order valence-corrected chi connectivity index (χ1v) is 5.69. The van der Waals surface area contributed by atoms with Crippen molar-refractivity contribution in [3.63, 3.8) is 0 Å². The van der Waals surface area contributed by atoms with Crippen molar-refractivity contribution in [2.45, 2.75) is 26.6 Å². The molecule has 0 aliphatic rings. The molecular weight excluding hydrogens is 234 g/mol. The van der Waals surface area contributed by atoms with E-state index < -0.39 is 6.09 Å². The first kappa shape index (κ1) is 14.0. The van der Waals surface area contributed by atoms with E-state index in [2.05, 4.69) is 5.32 Å². The Morgan fingerprint density at radius 2 is 1.94 bits per heavy atom. The molecule has 1 atom stereocenters. The fourth-order valence-electron chi connectivity index (χ4n) is 1.33. The molecule has 1 amide bonds. The summed E-state index contributed by atoms with van der Waals surface area (Å²) in [5.74, 6) is -0.373. The number of nitrogens with one attached hydrogen (secondary N) is 1. The zero-order valence-electron chi connectivity index (χ0n) is 10.5. The average molecular weight is 251 g/mol. The number of hydrogen-bond donors (Lipinski definition) is 1. The Hall–Kier alpha value is -2.04. The Morgan fingerprint density at radius 3 is 2.56 bits per heavy atom. The molecule has 5 heteroatoms. The molecule has 0 saturated heterocycles. The van der Waals surface area contributed by atoms with E-state index in [-0.39, 0.29) is 25.2 Å². The van der Waals surface area contributed by atoms with Crippen molar-refractivity contribution in [1.29, 1.82) is 0 Å². The van der Waals surface area contributed by atoms with E-state index in [0.717, 1.165) is 5.56 Å². The van der Waals surface area contributed by atoms with E-state index in [4.69, 9.17) is 9.47 Å². The summed E-state index contributed by atoms with van der Waals surface area (Å²) in [6, 6.07) is 9.38. The van der Waals surface area contributed by atoms with Crippen molar-refractivity contribution in [2.75, 3.05) is 6.54 Å². The minimum Gasteiger partial charge on any atom is -0.461 e. The highest BCUT2D eigenvalue weighted by atomic mass is 16.6. The molecule has 1 unspecified atom stereocenters. The lowest BCUT2D eigenvalue weighted by molar-refractivity contribution is -0.145. The van der Waals surface area contributed by atoms with Gasteiger partial charge < -0.3 is 14.8 Å². The summed E-state index contributed by atoms with van der Waals surface area (Å²) in [5, 5.41) is 2.52. The van der Waals surface area contributed by atoms with E-state index >= 15 is 0 Å². The lowest BCUT2D eigenvalue weighted by Gasteiger charge is -2.12. The smallest absolute Gasteiger partial charge is 0.407 e. The maximum absolute atomic E-state index is 11.3. The average Bonchev–Trinajstić information content (AvgIpc) is 2.34. The predicted molar refractivity (Wildman–Crippen MR) is 65.9 cm³/mol. The first-order chi connectivity index (χ1) is 8.58. The quantitative estimate of drug-likeness (QED) is 0.811. The van der Waals surface area contributed by atoms with Crippen molar-refractivity contribution in [3.05, 3.63) is 35.9 Å². The van der Waals surface area contributed by atoms with Crippen molar-refractivity contribution in [2.24, 2.45) is 0 Å². The van der Waals surface area contributed by atoms with Crippen LogP contribution in [0.2, 0.25) is 0 Å². The summed E-state index contributed by atoms with van der Waals surface area (Å²) < 4.78 is 9.85. The molecule has 0 saturated carbocycles. The van der Waals surface area contributed by atoms with Gasteiger partial charge in [0, 0.05) is 6.92 Å². The van der Waals surface area contributed by atoms with Gasteiger partial charge in [-0.1, -0.05) is 30.3 Å². The number of carbonyl (C=O) groups excluding carboxylic acids is 2. The zero-order chi connectivity index (χ0) is 13.4. The summed E-state index contributed by atoms with van der Waals surface area (Å²) >= 11 is 0. The second-order valence-corrected chi connectivity index (χ2v) is 3.86. The maximum Gasteiger partial charge on any atom is 0.407 e. The third-order valence-corrected chi connectivity index (χ3v) is 2.11. The van der Waals surface area contributed by atoms with Crippen LogP contribution in [0.1, 0.15) is 19.4 Å². The molecular formula is C13H17NO4. The van der Waals surface area contributed by atoms with E-state index in [0.29, 0.717) is 0 Å². The number of benzene rings is 1. The summed E-state index contributed by atoms with van der Waals surface area (Å²) in [6.07, 6.45) is -0.898. The van der Waals surface area contributed by atoms with Gasteiger partial charge in [0.05, 0.1) is 6.54 Å². The molecule has 0 aliphatic heterocycles. The Labute approximate surface area is 106 Å². The summed E-state index contributed by atoms with van der Waals surface area (Å²) in [7, 11) is 0. The minimum absolute atomic E-state index is 0.217. The molecule has 0 aliphatic carbocycles. The number of alkyl carbamates (subject to hydrolysis) is 1. The molecule has 1 N–H and O–H groups in total. The lowest BCUT2D eigenvalue weighted by Crippen LogP contribution is -2.33. The second kappa shape index (κ2) is 7.32. The van der Waals surface area contributed by atoms with Crippen molar-refractivity contribution < 1.29 is 19.1 Å². The fourth-order valence-corrected chi connectivity index (χ4v) is 1.33. The molecule has 0 fully saturated rings. The van der Waals surface area contributed by atoms with Gasteiger partial charge in [-0.15, -0.1) is 0 Å². The molecule has 0 spiro atoms. The molecule has 0 radical (unpaired) electrons. The third kappa shape index (κ3) is 5.89. The highest BCUT2D eigenvalue weighted by Gasteiger charge is 2.08. The number of hydrogen-bond acceptors (Lipinski definition) is 4. The first-order valence-electron chi connectivity index (χ1n) is 5.69. The number of carbonyl (C=O) groups is 2. The number of esters is 1. The second-order valence-electron chi connectivity index (χ2n) is 3.86. The van der Waals surface area contributed by atoms with E-state index in [9.17, 15) is 9.59 Å². The van der Waals surface area contributed by atoms with Crippen molar-refractivity contribution in [3.8, 4) is 0 Å². The Bertz CT molecular complexity index is 391. The molecule has 18 heavy (non-hydrogen) atoms. The summed E-state index contributed by atoms with van der Waals surface area (Å²) in [6.45, 7) is 3.46. The fraction of sp³-hybridized carbons (Fsp3) is 0.385. The van der Waals surface area contributed by atoms with Crippen LogP contribution in [0.3, 0.4) is 0 Å². The van der Waals surface area contributed by atoms with Gasteiger partial charge in [0.1, 0.15) is 12.7 Å². The van der Waals surface area contributed by atoms with Crippen LogP contribution in [0.4, 0.5) is 4.79 Å². The van der Waals surface area contributed by atoms with Crippen LogP contribution in [0.25, 0.3) is 0 Å². The molecule has 0 heterocycles. The third-order valence-electron chi connectivity index (χ3n) is 2.11. The zero-order valence-corrected chi connectivity index (χ0v) is 10.5. The molecule has 0 aromatic heterocycles. The molecule has 98 valence electrons. The van der Waals surface area contributed by atoms with Crippen LogP contribution in [0, 0.1) is 0 Å². The highest BCUT2D eigenvalue weighted by molar-refractivity contribution is 5.68. The summed E-state index contributed by atoms with van der Waals surface area (Å²) in [4.78, 5) is 22.0.